The Kier molecular flexibility index (Phi) is 5.30. The molecule has 0 bridgehead atoms. The summed E-state index contributed by atoms with van der Waals surface area (Å²) in [6.07, 6.45) is 2.36. The molecule has 2 amide bonds. The van der Waals surface area contributed by atoms with Gasteiger partial charge in [-0.2, -0.15) is 0 Å². The van der Waals surface area contributed by atoms with Crippen LogP contribution in [0.2, 0.25) is 0 Å². The fraction of sp³-hybridized carbons (Fsp3) is 0.400. The average molecular weight is 414 g/mol. The van der Waals surface area contributed by atoms with Crippen molar-refractivity contribution in [1.82, 2.24) is 10.2 Å². The summed E-state index contributed by atoms with van der Waals surface area (Å²) in [5.41, 5.74) is 0.102. The second-order valence-corrected chi connectivity index (χ2v) is 7.66. The van der Waals surface area contributed by atoms with E-state index in [0.29, 0.717) is 15.5 Å². The molecule has 128 valence electrons. The third-order valence-corrected chi connectivity index (χ3v) is 5.13. The minimum absolute atomic E-state index is 0.102. The van der Waals surface area contributed by atoms with Gasteiger partial charge in [0.2, 0.25) is 10.3 Å². The Balaban J connectivity index is 1.60. The largest absolute Gasteiger partial charge is 0.346 e. The van der Waals surface area contributed by atoms with Crippen LogP contribution >= 0.6 is 27.3 Å². The highest BCUT2D eigenvalue weighted by atomic mass is 79.9. The van der Waals surface area contributed by atoms with Crippen molar-refractivity contribution in [2.24, 2.45) is 5.92 Å². The van der Waals surface area contributed by atoms with Crippen LogP contribution in [0, 0.1) is 11.7 Å². The highest BCUT2D eigenvalue weighted by Crippen LogP contribution is 2.28. The number of hydrogen-bond donors (Lipinski definition) is 2. The highest BCUT2D eigenvalue weighted by molar-refractivity contribution is 9.10. The zero-order valence-corrected chi connectivity index (χ0v) is 15.5. The molecule has 0 spiro atoms. The summed E-state index contributed by atoms with van der Waals surface area (Å²) < 4.78 is 14.3. The topological polar surface area (TPSA) is 70.2 Å². The number of carbonyl (C=O) groups is 1. The Morgan fingerprint density at radius 2 is 2.25 bits per heavy atom. The molecule has 6 nitrogen and oxygen atoms in total. The number of amides is 2. The molecule has 3 rings (SSSR count). The van der Waals surface area contributed by atoms with Crippen molar-refractivity contribution >= 4 is 49.2 Å². The molecule has 9 heteroatoms. The van der Waals surface area contributed by atoms with Crippen molar-refractivity contribution in [3.63, 3.8) is 0 Å². The van der Waals surface area contributed by atoms with Crippen molar-refractivity contribution in [2.75, 3.05) is 28.6 Å². The van der Waals surface area contributed by atoms with Gasteiger partial charge in [0.15, 0.2) is 0 Å². The maximum Gasteiger partial charge on any atom is 0.325 e. The summed E-state index contributed by atoms with van der Waals surface area (Å²) in [5.74, 6) is 0.113. The molecule has 2 N–H and O–H groups in total. The molecule has 0 unspecified atom stereocenters. The number of benzene rings is 1. The fourth-order valence-corrected chi connectivity index (χ4v) is 3.71. The summed E-state index contributed by atoms with van der Waals surface area (Å²) in [7, 11) is 0. The van der Waals surface area contributed by atoms with Crippen molar-refractivity contribution in [3.05, 3.63) is 28.5 Å². The third kappa shape index (κ3) is 4.21. The van der Waals surface area contributed by atoms with Gasteiger partial charge in [0, 0.05) is 17.6 Å². The molecule has 2 heterocycles. The lowest BCUT2D eigenvalue weighted by Gasteiger charge is -2.29. The molecule has 2 aromatic rings. The number of aromatic nitrogens is 2. The summed E-state index contributed by atoms with van der Waals surface area (Å²) in [5, 5.41) is 14.4. The number of anilines is 3. The molecule has 1 aliphatic heterocycles. The smallest absolute Gasteiger partial charge is 0.325 e. The summed E-state index contributed by atoms with van der Waals surface area (Å²) in [6, 6.07) is 3.88. The van der Waals surface area contributed by atoms with Gasteiger partial charge in [0.05, 0.1) is 5.69 Å². The van der Waals surface area contributed by atoms with Crippen LogP contribution in [-0.4, -0.2) is 29.3 Å². The number of rotatable bonds is 3. The van der Waals surface area contributed by atoms with E-state index in [1.54, 1.807) is 6.07 Å². The normalized spacial score (nSPS) is 17.6. The number of nitrogens with one attached hydrogen (secondary N) is 2. The minimum Gasteiger partial charge on any atom is -0.346 e. The van der Waals surface area contributed by atoms with Gasteiger partial charge in [-0.3, -0.25) is 5.32 Å². The zero-order chi connectivity index (χ0) is 17.1. The van der Waals surface area contributed by atoms with Crippen molar-refractivity contribution in [1.29, 1.82) is 0 Å². The number of hydrogen-bond acceptors (Lipinski definition) is 5. The van der Waals surface area contributed by atoms with Crippen molar-refractivity contribution in [3.8, 4) is 0 Å². The predicted octanol–water partition coefficient (Wildman–Crippen LogP) is 4.32. The first kappa shape index (κ1) is 17.1. The van der Waals surface area contributed by atoms with E-state index in [2.05, 4.69) is 48.6 Å². The monoisotopic (exact) mass is 413 g/mol. The van der Waals surface area contributed by atoms with Gasteiger partial charge < -0.3 is 10.2 Å². The first-order valence-corrected chi connectivity index (χ1v) is 9.23. The van der Waals surface area contributed by atoms with E-state index in [4.69, 9.17) is 0 Å². The molecule has 1 aromatic carbocycles. The van der Waals surface area contributed by atoms with Gasteiger partial charge in [-0.1, -0.05) is 34.2 Å². The molecular weight excluding hydrogens is 397 g/mol. The van der Waals surface area contributed by atoms with E-state index in [1.807, 2.05) is 0 Å². The molecule has 0 saturated carbocycles. The molecule has 1 aromatic heterocycles. The molecular formula is C15H17BrFN5OS. The Morgan fingerprint density at radius 3 is 3.00 bits per heavy atom. The van der Waals surface area contributed by atoms with Gasteiger partial charge in [0.25, 0.3) is 0 Å². The molecule has 24 heavy (non-hydrogen) atoms. The Morgan fingerprint density at radius 1 is 1.42 bits per heavy atom. The van der Waals surface area contributed by atoms with Gasteiger partial charge in [-0.15, -0.1) is 10.2 Å². The third-order valence-electron chi connectivity index (χ3n) is 3.74. The molecule has 0 aliphatic carbocycles. The van der Waals surface area contributed by atoms with E-state index in [-0.39, 0.29) is 5.69 Å². The molecule has 1 atom stereocenters. The summed E-state index contributed by atoms with van der Waals surface area (Å²) in [6.45, 7) is 4.12. The van der Waals surface area contributed by atoms with Crippen LogP contribution in [-0.2, 0) is 0 Å². The van der Waals surface area contributed by atoms with Gasteiger partial charge in [-0.25, -0.2) is 9.18 Å². The van der Waals surface area contributed by atoms with Crippen molar-refractivity contribution in [2.45, 2.75) is 19.8 Å². The number of nitrogens with zero attached hydrogens (tertiary/aromatic N) is 3. The minimum atomic E-state index is -0.550. The molecule has 1 saturated heterocycles. The van der Waals surface area contributed by atoms with Crippen LogP contribution in [0.15, 0.2) is 22.7 Å². The highest BCUT2D eigenvalue weighted by Gasteiger charge is 2.20. The lowest BCUT2D eigenvalue weighted by atomic mass is 10.0. The predicted molar refractivity (Wildman–Crippen MR) is 97.3 cm³/mol. The average Bonchev–Trinajstić information content (AvgIpc) is 2.98. The van der Waals surface area contributed by atoms with E-state index < -0.39 is 11.8 Å². The Hall–Kier alpha value is -1.74. The number of piperidine rings is 1. The van der Waals surface area contributed by atoms with Crippen LogP contribution in [0.5, 0.6) is 0 Å². The SMILES string of the molecule is C[C@@H]1CCCN(c2nnc(NC(=O)Nc3ccc(Br)cc3F)s2)C1. The second-order valence-electron chi connectivity index (χ2n) is 5.79. The van der Waals surface area contributed by atoms with Crippen LogP contribution in [0.4, 0.5) is 25.1 Å². The Labute approximate surface area is 151 Å². The van der Waals surface area contributed by atoms with Crippen LogP contribution in [0.1, 0.15) is 19.8 Å². The maximum atomic E-state index is 13.7. The lowest BCUT2D eigenvalue weighted by Crippen LogP contribution is -2.34. The standard InChI is InChI=1S/C15H17BrFN5OS/c1-9-3-2-6-22(8-9)15-21-20-14(24-15)19-13(23)18-12-5-4-10(16)7-11(12)17/h4-5,7,9H,2-3,6,8H2,1H3,(H2,18,19,20,23)/t9-/m1/s1. The van der Waals surface area contributed by atoms with E-state index in [1.165, 1.54) is 29.9 Å². The van der Waals surface area contributed by atoms with Crippen molar-refractivity contribution < 1.29 is 9.18 Å². The van der Waals surface area contributed by atoms with E-state index >= 15 is 0 Å². The molecule has 1 fully saturated rings. The first-order valence-electron chi connectivity index (χ1n) is 7.63. The first-order chi connectivity index (χ1) is 11.5. The zero-order valence-electron chi connectivity index (χ0n) is 13.1. The summed E-state index contributed by atoms with van der Waals surface area (Å²) in [4.78, 5) is 14.2. The number of carbonyl (C=O) groups excluding carboxylic acids is 1. The quantitative estimate of drug-likeness (QED) is 0.785. The second kappa shape index (κ2) is 7.43. The number of halogens is 2. The van der Waals surface area contributed by atoms with Crippen LogP contribution in [0.3, 0.4) is 0 Å². The van der Waals surface area contributed by atoms with Crippen LogP contribution < -0.4 is 15.5 Å². The molecule has 0 radical (unpaired) electrons. The Bertz CT molecular complexity index is 740. The fourth-order valence-electron chi connectivity index (χ4n) is 2.60. The van der Waals surface area contributed by atoms with Gasteiger partial charge in [-0.05, 0) is 37.0 Å². The van der Waals surface area contributed by atoms with E-state index in [0.717, 1.165) is 24.6 Å². The van der Waals surface area contributed by atoms with Gasteiger partial charge in [0.1, 0.15) is 5.82 Å². The maximum absolute atomic E-state index is 13.7. The number of urea groups is 1. The van der Waals surface area contributed by atoms with E-state index in [9.17, 15) is 9.18 Å². The van der Waals surface area contributed by atoms with Crippen LogP contribution in [0.25, 0.3) is 0 Å². The molecule has 1 aliphatic rings. The lowest BCUT2D eigenvalue weighted by molar-refractivity contribution is 0.262. The summed E-state index contributed by atoms with van der Waals surface area (Å²) >= 11 is 4.49. The van der Waals surface area contributed by atoms with Gasteiger partial charge >= 0.3 is 6.03 Å².